The Morgan fingerprint density at radius 2 is 1.83 bits per heavy atom. The van der Waals surface area contributed by atoms with Crippen molar-refractivity contribution in [1.29, 1.82) is 0 Å². The highest BCUT2D eigenvalue weighted by molar-refractivity contribution is 5.92. The first-order chi connectivity index (χ1) is 19.3. The van der Waals surface area contributed by atoms with Crippen molar-refractivity contribution in [2.75, 3.05) is 12.4 Å². The molecule has 0 radical (unpaired) electrons. The number of fused-ring (bicyclic) bond motifs is 1. The van der Waals surface area contributed by atoms with Crippen LogP contribution in [0.15, 0.2) is 42.5 Å². The number of aromatic nitrogens is 4. The minimum absolute atomic E-state index is 0.0107. The molecule has 216 valence electrons. The van der Waals surface area contributed by atoms with E-state index in [-0.39, 0.29) is 42.3 Å². The van der Waals surface area contributed by atoms with E-state index in [0.29, 0.717) is 22.7 Å². The molecule has 0 spiro atoms. The lowest BCUT2D eigenvalue weighted by Crippen LogP contribution is -2.44. The lowest BCUT2D eigenvalue weighted by atomic mass is 9.77. The van der Waals surface area contributed by atoms with Gasteiger partial charge in [0, 0.05) is 25.4 Å². The van der Waals surface area contributed by atoms with Crippen LogP contribution in [0, 0.1) is 12.8 Å². The second-order valence-electron chi connectivity index (χ2n) is 10.3. The fraction of sp³-hybridized carbons (Fsp3) is 0.357. The highest BCUT2D eigenvalue weighted by Gasteiger charge is 2.47. The van der Waals surface area contributed by atoms with Crippen LogP contribution in [0.4, 0.5) is 27.8 Å². The van der Waals surface area contributed by atoms with Gasteiger partial charge in [0.15, 0.2) is 11.5 Å². The standard InChI is InChI=1S/C28H26F5N5O3/c1-14-4-9-20(41-3)19(10-14)25-37-23-21(38(25)13-16-5-7-18(8-6-16)28(31,32)33)22(35-24(36-23)26(39)40)34-15(2)17-11-27(29,30)12-17/h4-10,15,17H,11-13H2,1-3H3,(H,39,40)(H,34,35,36). The van der Waals surface area contributed by atoms with Crippen molar-refractivity contribution in [2.45, 2.75) is 51.4 Å². The minimum atomic E-state index is -4.51. The highest BCUT2D eigenvalue weighted by Crippen LogP contribution is 2.45. The molecule has 2 N–H and O–H groups in total. The molecule has 2 aromatic heterocycles. The van der Waals surface area contributed by atoms with Gasteiger partial charge in [-0.3, -0.25) is 0 Å². The molecule has 1 aliphatic carbocycles. The normalized spacial score (nSPS) is 15.9. The number of carboxylic acid groups (broad SMARTS) is 1. The summed E-state index contributed by atoms with van der Waals surface area (Å²) in [6, 6.07) is 9.49. The van der Waals surface area contributed by atoms with E-state index in [1.54, 1.807) is 23.6 Å². The molecule has 13 heteroatoms. The molecule has 5 rings (SSSR count). The Kier molecular flexibility index (Phi) is 7.08. The first-order valence-electron chi connectivity index (χ1n) is 12.7. The van der Waals surface area contributed by atoms with Gasteiger partial charge in [-0.05, 0) is 49.6 Å². The van der Waals surface area contributed by atoms with E-state index >= 15 is 0 Å². The Morgan fingerprint density at radius 1 is 1.15 bits per heavy atom. The third-order valence-electron chi connectivity index (χ3n) is 7.21. The Labute approximate surface area is 231 Å². The summed E-state index contributed by atoms with van der Waals surface area (Å²) in [5, 5.41) is 12.8. The second-order valence-corrected chi connectivity index (χ2v) is 10.3. The zero-order chi connectivity index (χ0) is 29.7. The number of halogens is 5. The maximum Gasteiger partial charge on any atom is 0.416 e. The number of nitrogens with one attached hydrogen (secondary N) is 1. The van der Waals surface area contributed by atoms with Crippen molar-refractivity contribution in [3.8, 4) is 17.1 Å². The smallest absolute Gasteiger partial charge is 0.416 e. The quantitative estimate of drug-likeness (QED) is 0.234. The summed E-state index contributed by atoms with van der Waals surface area (Å²) in [5.74, 6) is -4.28. The van der Waals surface area contributed by atoms with E-state index in [4.69, 9.17) is 4.74 Å². The third-order valence-corrected chi connectivity index (χ3v) is 7.21. The van der Waals surface area contributed by atoms with E-state index in [1.165, 1.54) is 19.2 Å². The summed E-state index contributed by atoms with van der Waals surface area (Å²) >= 11 is 0. The first-order valence-corrected chi connectivity index (χ1v) is 12.7. The SMILES string of the molecule is COc1ccc(C)cc1-c1nc2nc(C(=O)O)nc(NC(C)C3CC(F)(F)C3)c2n1Cc1ccc(C(F)(F)F)cc1. The van der Waals surface area contributed by atoms with Crippen LogP contribution in [0.5, 0.6) is 5.75 Å². The number of imidazole rings is 1. The number of benzene rings is 2. The van der Waals surface area contributed by atoms with Gasteiger partial charge in [-0.2, -0.15) is 13.2 Å². The number of carboxylic acids is 1. The van der Waals surface area contributed by atoms with Crippen LogP contribution in [-0.4, -0.2) is 49.7 Å². The Hall–Kier alpha value is -4.29. The summed E-state index contributed by atoms with van der Waals surface area (Å²) in [5.41, 5.74) is 1.37. The van der Waals surface area contributed by atoms with E-state index in [0.717, 1.165) is 17.7 Å². The molecule has 2 aromatic carbocycles. The second kappa shape index (κ2) is 10.3. The summed E-state index contributed by atoms with van der Waals surface area (Å²) in [7, 11) is 1.47. The number of carbonyl (C=O) groups is 1. The molecule has 1 saturated carbocycles. The summed E-state index contributed by atoms with van der Waals surface area (Å²) < 4.78 is 73.9. The molecule has 0 amide bonds. The predicted molar refractivity (Wildman–Crippen MR) is 140 cm³/mol. The van der Waals surface area contributed by atoms with Gasteiger partial charge in [-0.1, -0.05) is 23.8 Å². The van der Waals surface area contributed by atoms with Gasteiger partial charge < -0.3 is 19.7 Å². The van der Waals surface area contributed by atoms with Crippen molar-refractivity contribution in [3.63, 3.8) is 0 Å². The monoisotopic (exact) mass is 575 g/mol. The van der Waals surface area contributed by atoms with Crippen LogP contribution in [0.1, 0.15) is 47.1 Å². The van der Waals surface area contributed by atoms with Crippen LogP contribution in [-0.2, 0) is 12.7 Å². The Balaban J connectivity index is 1.69. The lowest BCUT2D eigenvalue weighted by molar-refractivity contribution is -0.137. The molecule has 0 aliphatic heterocycles. The molecule has 1 unspecified atom stereocenters. The molecule has 8 nitrogen and oxygen atoms in total. The van der Waals surface area contributed by atoms with Gasteiger partial charge in [0.2, 0.25) is 11.7 Å². The fourth-order valence-electron chi connectivity index (χ4n) is 4.96. The Bertz CT molecular complexity index is 1610. The molecular weight excluding hydrogens is 549 g/mol. The van der Waals surface area contributed by atoms with Crippen LogP contribution in [0.25, 0.3) is 22.6 Å². The number of nitrogens with zero attached hydrogens (tertiary/aromatic N) is 4. The first kappa shape index (κ1) is 28.2. The van der Waals surface area contributed by atoms with E-state index < -0.39 is 35.5 Å². The molecule has 1 fully saturated rings. The third kappa shape index (κ3) is 5.66. The predicted octanol–water partition coefficient (Wildman–Crippen LogP) is 6.42. The maximum atomic E-state index is 13.6. The van der Waals surface area contributed by atoms with Crippen molar-refractivity contribution < 1.29 is 36.6 Å². The van der Waals surface area contributed by atoms with E-state index in [9.17, 15) is 31.9 Å². The summed E-state index contributed by atoms with van der Waals surface area (Å²) in [6.07, 6.45) is -5.15. The summed E-state index contributed by atoms with van der Waals surface area (Å²) in [6.45, 7) is 3.58. The molecule has 4 aromatic rings. The average molecular weight is 576 g/mol. The molecule has 0 bridgehead atoms. The van der Waals surface area contributed by atoms with Crippen molar-refractivity contribution in [3.05, 3.63) is 65.0 Å². The topological polar surface area (TPSA) is 102 Å². The van der Waals surface area contributed by atoms with Crippen molar-refractivity contribution in [2.24, 2.45) is 5.92 Å². The van der Waals surface area contributed by atoms with Gasteiger partial charge in [0.25, 0.3) is 0 Å². The number of alkyl halides is 5. The number of rotatable bonds is 8. The fourth-order valence-corrected chi connectivity index (χ4v) is 4.96. The largest absolute Gasteiger partial charge is 0.496 e. The number of aryl methyl sites for hydroxylation is 1. The number of methoxy groups -OCH3 is 1. The number of ether oxygens (including phenoxy) is 1. The van der Waals surface area contributed by atoms with Crippen molar-refractivity contribution in [1.82, 2.24) is 19.5 Å². The van der Waals surface area contributed by atoms with Crippen LogP contribution >= 0.6 is 0 Å². The Morgan fingerprint density at radius 3 is 2.41 bits per heavy atom. The van der Waals surface area contributed by atoms with Crippen LogP contribution in [0.3, 0.4) is 0 Å². The van der Waals surface area contributed by atoms with Gasteiger partial charge in [0.1, 0.15) is 17.1 Å². The molecule has 0 saturated heterocycles. The molecule has 1 atom stereocenters. The zero-order valence-corrected chi connectivity index (χ0v) is 22.3. The molecule has 41 heavy (non-hydrogen) atoms. The van der Waals surface area contributed by atoms with E-state index in [2.05, 4.69) is 20.3 Å². The van der Waals surface area contributed by atoms with Gasteiger partial charge in [-0.15, -0.1) is 0 Å². The van der Waals surface area contributed by atoms with E-state index in [1.807, 2.05) is 13.0 Å². The van der Waals surface area contributed by atoms with Gasteiger partial charge in [0.05, 0.1) is 18.2 Å². The average Bonchev–Trinajstić information content (AvgIpc) is 3.25. The number of anilines is 1. The van der Waals surface area contributed by atoms with Gasteiger partial charge >= 0.3 is 12.1 Å². The zero-order valence-electron chi connectivity index (χ0n) is 22.3. The maximum absolute atomic E-state index is 13.6. The van der Waals surface area contributed by atoms with Crippen LogP contribution < -0.4 is 10.1 Å². The van der Waals surface area contributed by atoms with Gasteiger partial charge in [-0.25, -0.2) is 28.5 Å². The highest BCUT2D eigenvalue weighted by atomic mass is 19.4. The molecular formula is C28H26F5N5O3. The van der Waals surface area contributed by atoms with Crippen molar-refractivity contribution >= 4 is 23.0 Å². The molecule has 1 aliphatic rings. The number of hydrogen-bond acceptors (Lipinski definition) is 6. The van der Waals surface area contributed by atoms with Crippen LogP contribution in [0.2, 0.25) is 0 Å². The number of hydrogen-bond donors (Lipinski definition) is 2. The summed E-state index contributed by atoms with van der Waals surface area (Å²) in [4.78, 5) is 24.8. The lowest BCUT2D eigenvalue weighted by Gasteiger charge is -2.39. The minimum Gasteiger partial charge on any atom is -0.496 e. The number of aromatic carboxylic acids is 1. The molecule has 2 heterocycles.